The third-order valence-electron chi connectivity index (χ3n) is 5.42. The fraction of sp³-hybridized carbons (Fsp3) is 0.240. The second-order valence-electron chi connectivity index (χ2n) is 8.38. The Bertz CT molecular complexity index is 1450. The summed E-state index contributed by atoms with van der Waals surface area (Å²) in [5.74, 6) is 0. The van der Waals surface area contributed by atoms with E-state index in [1.807, 2.05) is 19.9 Å². The molecule has 0 aromatic heterocycles. The van der Waals surface area contributed by atoms with Gasteiger partial charge in [-0.2, -0.15) is 22.1 Å². The maximum Gasteiger partial charge on any atom is 0.294 e. The van der Waals surface area contributed by atoms with Gasteiger partial charge in [0.05, 0.1) is 14.7 Å². The molecule has 12 nitrogen and oxygen atoms in total. The Morgan fingerprint density at radius 1 is 0.846 bits per heavy atom. The van der Waals surface area contributed by atoms with Gasteiger partial charge in [0, 0.05) is 37.9 Å². The largest absolute Gasteiger partial charge is 0.369 e. The summed E-state index contributed by atoms with van der Waals surface area (Å²) in [6.45, 7) is 7.06. The molecular formula is C25H28N4O8S2. The summed E-state index contributed by atoms with van der Waals surface area (Å²) in [5, 5.41) is 22.8. The second-order valence-corrected chi connectivity index (χ2v) is 11.2. The molecule has 0 aliphatic carbocycles. The van der Waals surface area contributed by atoms with Crippen LogP contribution in [0, 0.1) is 35.3 Å². The van der Waals surface area contributed by atoms with Crippen LogP contribution < -0.4 is 10.2 Å². The van der Waals surface area contributed by atoms with E-state index in [0.29, 0.717) is 0 Å². The third kappa shape index (κ3) is 10.1. The van der Waals surface area contributed by atoms with Crippen molar-refractivity contribution >= 4 is 31.6 Å². The summed E-state index contributed by atoms with van der Waals surface area (Å²) in [7, 11) is -8.04. The summed E-state index contributed by atoms with van der Waals surface area (Å²) in [6.07, 6.45) is 0. The van der Waals surface area contributed by atoms with Crippen molar-refractivity contribution in [1.29, 1.82) is 5.26 Å². The van der Waals surface area contributed by atoms with E-state index in [-0.39, 0.29) is 21.0 Å². The van der Waals surface area contributed by atoms with E-state index in [1.165, 1.54) is 36.4 Å². The summed E-state index contributed by atoms with van der Waals surface area (Å²) in [4.78, 5) is 12.3. The molecule has 208 valence electrons. The average Bonchev–Trinajstić information content (AvgIpc) is 2.89. The first-order valence-electron chi connectivity index (χ1n) is 11.4. The molecule has 0 amide bonds. The Balaban J connectivity index is 0.000000214. The number of nitrogens with one attached hydrogen (secondary N) is 1. The number of benzene rings is 3. The molecular weight excluding hydrogens is 548 g/mol. The maximum atomic E-state index is 10.8. The molecule has 0 radical (unpaired) electrons. The van der Waals surface area contributed by atoms with Crippen LogP contribution >= 0.6 is 0 Å². The van der Waals surface area contributed by atoms with E-state index >= 15 is 0 Å². The van der Waals surface area contributed by atoms with Crippen molar-refractivity contribution in [3.8, 4) is 6.07 Å². The van der Waals surface area contributed by atoms with Gasteiger partial charge in [0.25, 0.3) is 25.9 Å². The highest BCUT2D eigenvalue weighted by molar-refractivity contribution is 7.86. The molecule has 1 heterocycles. The zero-order chi connectivity index (χ0) is 29.2. The topological polar surface area (TPSA) is 191 Å². The van der Waals surface area contributed by atoms with Gasteiger partial charge in [-0.05, 0) is 50.2 Å². The summed E-state index contributed by atoms with van der Waals surface area (Å²) in [5.41, 5.74) is 2.70. The zero-order valence-corrected chi connectivity index (χ0v) is 22.8. The van der Waals surface area contributed by atoms with Crippen molar-refractivity contribution < 1.29 is 30.9 Å². The van der Waals surface area contributed by atoms with Crippen LogP contribution in [0.2, 0.25) is 0 Å². The molecule has 1 fully saturated rings. The van der Waals surface area contributed by atoms with E-state index < -0.39 is 25.2 Å². The van der Waals surface area contributed by atoms with Gasteiger partial charge in [-0.15, -0.1) is 0 Å². The van der Waals surface area contributed by atoms with Crippen LogP contribution in [-0.2, 0) is 20.2 Å². The van der Waals surface area contributed by atoms with Crippen LogP contribution in [0.1, 0.15) is 16.7 Å². The highest BCUT2D eigenvalue weighted by Crippen LogP contribution is 2.25. The van der Waals surface area contributed by atoms with Crippen LogP contribution in [0.3, 0.4) is 0 Å². The molecule has 39 heavy (non-hydrogen) atoms. The number of nitro benzene ring substituents is 1. The molecule has 1 aliphatic rings. The lowest BCUT2D eigenvalue weighted by molar-refractivity contribution is -0.385. The maximum absolute atomic E-state index is 10.8. The predicted molar refractivity (Wildman–Crippen MR) is 145 cm³/mol. The molecule has 3 aromatic rings. The normalized spacial score (nSPS) is 13.2. The Hall–Kier alpha value is -3.87. The fourth-order valence-corrected chi connectivity index (χ4v) is 4.27. The van der Waals surface area contributed by atoms with E-state index in [2.05, 4.69) is 10.2 Å². The first kappa shape index (κ1) is 31.3. The summed E-state index contributed by atoms with van der Waals surface area (Å²) in [6, 6.07) is 18.6. The average molecular weight is 577 g/mol. The number of nitro groups is 1. The number of nitrogens with zero attached hydrogens (tertiary/aromatic N) is 3. The highest BCUT2D eigenvalue weighted by Gasteiger charge is 2.18. The molecule has 1 saturated heterocycles. The van der Waals surface area contributed by atoms with Crippen LogP contribution in [0.15, 0.2) is 76.5 Å². The van der Waals surface area contributed by atoms with Gasteiger partial charge >= 0.3 is 0 Å². The number of hydrogen-bond acceptors (Lipinski definition) is 9. The van der Waals surface area contributed by atoms with Gasteiger partial charge in [0.1, 0.15) is 11.6 Å². The number of rotatable bonds is 4. The quantitative estimate of drug-likeness (QED) is 0.234. The van der Waals surface area contributed by atoms with E-state index in [4.69, 9.17) is 14.4 Å². The monoisotopic (exact) mass is 576 g/mol. The van der Waals surface area contributed by atoms with Crippen molar-refractivity contribution in [2.45, 2.75) is 23.6 Å². The molecule has 3 N–H and O–H groups in total. The second kappa shape index (κ2) is 13.8. The zero-order valence-electron chi connectivity index (χ0n) is 21.2. The van der Waals surface area contributed by atoms with E-state index in [0.717, 1.165) is 43.0 Å². The number of nitriles is 1. The van der Waals surface area contributed by atoms with Crippen LogP contribution in [-0.4, -0.2) is 57.0 Å². The van der Waals surface area contributed by atoms with E-state index in [1.54, 1.807) is 30.3 Å². The van der Waals surface area contributed by atoms with Crippen LogP contribution in [0.4, 0.5) is 11.4 Å². The van der Waals surface area contributed by atoms with E-state index in [9.17, 15) is 26.9 Å². The smallest absolute Gasteiger partial charge is 0.294 e. The standard InChI is InChI=1S/C11H12N4O2.2C7H8O3S/c12-8-9-1-2-10(7-11(9)15(16)17)14-5-3-13-4-6-14;2*1-6-2-4-7(5-3-6)11(8,9)10/h1-2,7,13H,3-6H2;2*2-5H,1H3,(H,8,9,10). The lowest BCUT2D eigenvalue weighted by Crippen LogP contribution is -2.43. The minimum atomic E-state index is -4.02. The first-order valence-corrected chi connectivity index (χ1v) is 14.3. The molecule has 14 heteroatoms. The minimum absolute atomic E-state index is 0.0666. The van der Waals surface area contributed by atoms with Crippen molar-refractivity contribution in [3.63, 3.8) is 0 Å². The molecule has 0 spiro atoms. The number of hydrogen-bond donors (Lipinski definition) is 3. The SMILES string of the molecule is Cc1ccc(S(=O)(=O)O)cc1.Cc1ccc(S(=O)(=O)O)cc1.N#Cc1ccc(N2CCNCC2)cc1[N+](=O)[O-]. The van der Waals surface area contributed by atoms with Crippen molar-refractivity contribution in [2.75, 3.05) is 31.1 Å². The number of piperazine rings is 1. The van der Waals surface area contributed by atoms with Crippen LogP contribution in [0.25, 0.3) is 0 Å². The highest BCUT2D eigenvalue weighted by atomic mass is 32.2. The molecule has 3 aromatic carbocycles. The van der Waals surface area contributed by atoms with Crippen molar-refractivity contribution in [2.24, 2.45) is 0 Å². The molecule has 4 rings (SSSR count). The molecule has 0 bridgehead atoms. The lowest BCUT2D eigenvalue weighted by Gasteiger charge is -2.29. The molecule has 1 aliphatic heterocycles. The number of anilines is 1. The lowest BCUT2D eigenvalue weighted by atomic mass is 10.1. The Labute approximate surface area is 227 Å². The van der Waals surface area contributed by atoms with Crippen molar-refractivity contribution in [1.82, 2.24) is 5.32 Å². The van der Waals surface area contributed by atoms with Crippen molar-refractivity contribution in [3.05, 3.63) is 93.5 Å². The van der Waals surface area contributed by atoms with Gasteiger partial charge in [0.2, 0.25) is 0 Å². The minimum Gasteiger partial charge on any atom is -0.369 e. The van der Waals surface area contributed by atoms with Gasteiger partial charge in [-0.3, -0.25) is 19.2 Å². The predicted octanol–water partition coefficient (Wildman–Crippen LogP) is 3.36. The summed E-state index contributed by atoms with van der Waals surface area (Å²) < 4.78 is 59.1. The molecule has 0 atom stereocenters. The van der Waals surface area contributed by atoms with Gasteiger partial charge in [-0.25, -0.2) is 0 Å². The van der Waals surface area contributed by atoms with Gasteiger partial charge in [0.15, 0.2) is 0 Å². The van der Waals surface area contributed by atoms with Crippen LogP contribution in [0.5, 0.6) is 0 Å². The molecule has 0 unspecified atom stereocenters. The Kier molecular flexibility index (Phi) is 11.1. The Morgan fingerprint density at radius 2 is 1.28 bits per heavy atom. The molecule has 0 saturated carbocycles. The Morgan fingerprint density at radius 3 is 1.64 bits per heavy atom. The fourth-order valence-electron chi connectivity index (χ4n) is 3.31. The van der Waals surface area contributed by atoms with Gasteiger partial charge < -0.3 is 10.2 Å². The van der Waals surface area contributed by atoms with Gasteiger partial charge in [-0.1, -0.05) is 35.4 Å². The first-order chi connectivity index (χ1) is 18.2. The number of aryl methyl sites for hydroxylation is 2. The summed E-state index contributed by atoms with van der Waals surface area (Å²) >= 11 is 0. The third-order valence-corrected chi connectivity index (χ3v) is 7.15.